The number of hydrogen-bond acceptors (Lipinski definition) is 10. The molecule has 0 aromatic heterocycles. The van der Waals surface area contributed by atoms with E-state index in [0.717, 1.165) is 58.0 Å². The van der Waals surface area contributed by atoms with Gasteiger partial charge in [0.05, 0.1) is 30.5 Å². The van der Waals surface area contributed by atoms with Gasteiger partial charge >= 0.3 is 11.9 Å². The van der Waals surface area contributed by atoms with Crippen LogP contribution in [0.4, 0.5) is 0 Å². The number of benzene rings is 1. The molecule has 1 spiro atoms. The Hall–Kier alpha value is -2.34. The van der Waals surface area contributed by atoms with E-state index in [1.165, 1.54) is 44.9 Å². The first kappa shape index (κ1) is 45.7. The molecule has 0 amide bonds. The van der Waals surface area contributed by atoms with Gasteiger partial charge in [0.15, 0.2) is 5.60 Å². The minimum atomic E-state index is -1.43. The van der Waals surface area contributed by atoms with E-state index in [1.807, 2.05) is 25.3 Å². The van der Waals surface area contributed by atoms with Crippen molar-refractivity contribution in [3.63, 3.8) is 0 Å². The van der Waals surface area contributed by atoms with Crippen molar-refractivity contribution in [2.24, 2.45) is 40.4 Å². The maximum atomic E-state index is 14.5. The number of rotatable bonds is 24. The Morgan fingerprint density at radius 3 is 2.12 bits per heavy atom. The zero-order valence-corrected chi connectivity index (χ0v) is 37.7. The summed E-state index contributed by atoms with van der Waals surface area (Å²) < 4.78 is 39.5. The molecule has 1 aliphatic heterocycles. The van der Waals surface area contributed by atoms with Gasteiger partial charge in [-0.2, -0.15) is 0 Å². The number of esters is 2. The molecule has 7 rings (SSSR count). The smallest absolute Gasteiger partial charge is 0.338 e. The molecule has 6 fully saturated rings. The Labute approximate surface area is 360 Å². The van der Waals surface area contributed by atoms with Gasteiger partial charge in [0, 0.05) is 81.9 Å². The number of unbranched alkanes of at least 4 members (excludes halogenated alkanes) is 11. The molecule has 1 aromatic carbocycles. The van der Waals surface area contributed by atoms with E-state index >= 15 is 0 Å². The summed E-state index contributed by atoms with van der Waals surface area (Å²) in [7, 11) is 7.03. The summed E-state index contributed by atoms with van der Waals surface area (Å²) in [5.74, 6) is -2.03. The number of ether oxygens (including phenoxy) is 6. The number of fused-ring (bicyclic) bond motifs is 2. The molecule has 6 aliphatic rings. The molecule has 1 saturated heterocycles. The lowest BCUT2D eigenvalue weighted by Crippen LogP contribution is -2.79. The fourth-order valence-corrected chi connectivity index (χ4v) is 14.7. The number of nitrogens with zero attached hydrogens (tertiary/aromatic N) is 1. The first-order valence-corrected chi connectivity index (χ1v) is 23.9. The van der Waals surface area contributed by atoms with Gasteiger partial charge in [0.1, 0.15) is 12.2 Å². The summed E-state index contributed by atoms with van der Waals surface area (Å²) in [4.78, 5) is 31.2. The molecular weight excluding hydrogens is 759 g/mol. The van der Waals surface area contributed by atoms with Crippen LogP contribution >= 0.6 is 0 Å². The van der Waals surface area contributed by atoms with Crippen LogP contribution in [0.5, 0.6) is 0 Å². The lowest BCUT2D eigenvalue weighted by Gasteiger charge is -2.69. The highest BCUT2D eigenvalue weighted by molar-refractivity contribution is 5.89. The molecule has 10 heteroatoms. The zero-order chi connectivity index (χ0) is 42.5. The third kappa shape index (κ3) is 7.73. The number of aliphatic hydroxyl groups excluding tert-OH is 1. The Morgan fingerprint density at radius 2 is 1.48 bits per heavy atom. The molecule has 5 saturated carbocycles. The monoisotopic (exact) mass is 836 g/mol. The van der Waals surface area contributed by atoms with Crippen molar-refractivity contribution in [3.8, 4) is 0 Å². The van der Waals surface area contributed by atoms with Gasteiger partial charge in [-0.15, -0.1) is 0 Å². The maximum Gasteiger partial charge on any atom is 0.338 e. The molecule has 1 aromatic rings. The second-order valence-corrected chi connectivity index (χ2v) is 19.3. The Bertz CT molecular complexity index is 1590. The predicted octanol–water partition coefficient (Wildman–Crippen LogP) is 8.58. The minimum Gasteiger partial charge on any atom is -0.458 e. The van der Waals surface area contributed by atoms with Gasteiger partial charge < -0.3 is 33.5 Å². The predicted molar refractivity (Wildman–Crippen MR) is 231 cm³/mol. The van der Waals surface area contributed by atoms with Crippen molar-refractivity contribution in [1.82, 2.24) is 4.90 Å². The van der Waals surface area contributed by atoms with E-state index < -0.39 is 47.1 Å². The largest absolute Gasteiger partial charge is 0.458 e. The molecule has 14 atom stereocenters. The lowest BCUT2D eigenvalue weighted by molar-refractivity contribution is -0.304. The fourth-order valence-electron chi connectivity index (χ4n) is 14.7. The van der Waals surface area contributed by atoms with E-state index in [4.69, 9.17) is 28.4 Å². The molecule has 1 heterocycles. The number of carbonyl (C=O) groups excluding carboxylic acids is 2. The van der Waals surface area contributed by atoms with Crippen molar-refractivity contribution in [3.05, 3.63) is 48.0 Å². The third-order valence-corrected chi connectivity index (χ3v) is 16.6. The van der Waals surface area contributed by atoms with Crippen molar-refractivity contribution in [1.29, 1.82) is 0 Å². The molecule has 1 N–H and O–H groups in total. The summed E-state index contributed by atoms with van der Waals surface area (Å²) in [5.41, 5.74) is -1.63. The van der Waals surface area contributed by atoms with Crippen LogP contribution in [-0.2, 0) is 33.2 Å². The van der Waals surface area contributed by atoms with Crippen molar-refractivity contribution in [2.45, 2.75) is 165 Å². The van der Waals surface area contributed by atoms with E-state index in [0.29, 0.717) is 25.0 Å². The molecule has 5 aliphatic carbocycles. The first-order chi connectivity index (χ1) is 29.2. The molecule has 10 nitrogen and oxygen atoms in total. The molecule has 7 bridgehead atoms. The van der Waals surface area contributed by atoms with Gasteiger partial charge in [-0.05, 0) is 76.0 Å². The number of likely N-dealkylation sites (tertiary alicyclic amines) is 1. The summed E-state index contributed by atoms with van der Waals surface area (Å²) in [6, 6.07) is 9.00. The number of aliphatic hydroxyl groups is 1. The SMILES string of the molecule is CCCCCCCC/C=C\CCCCCCCC(=O)O[C@@]12[C@@H]3[C@@H](CC([C@@H](OC)[C@@H]1O)[C@@H]3OC(=O)c1ccccc1)[C@@]13C4[C@@H]2[C@H](OC)[C@@H]1[C@@](COC)(CC[C@@H]3OC)CN4CC. The second kappa shape index (κ2) is 20.0. The third-order valence-electron chi connectivity index (χ3n) is 16.6. The zero-order valence-electron chi connectivity index (χ0n) is 37.7. The summed E-state index contributed by atoms with van der Waals surface area (Å²) in [6.07, 6.45) is 19.7. The van der Waals surface area contributed by atoms with Crippen molar-refractivity contribution < 1.29 is 43.1 Å². The number of hydrogen-bond donors (Lipinski definition) is 1. The highest BCUT2D eigenvalue weighted by Gasteiger charge is 2.89. The summed E-state index contributed by atoms with van der Waals surface area (Å²) in [6.45, 7) is 6.66. The van der Waals surface area contributed by atoms with Crippen LogP contribution in [0.3, 0.4) is 0 Å². The van der Waals surface area contributed by atoms with Gasteiger partial charge in [0.25, 0.3) is 0 Å². The highest BCUT2D eigenvalue weighted by Crippen LogP contribution is 2.80. The topological polar surface area (TPSA) is 113 Å². The van der Waals surface area contributed by atoms with Crippen LogP contribution in [0.1, 0.15) is 133 Å². The number of carbonyl (C=O) groups is 2. The Kier molecular flexibility index (Phi) is 15.2. The minimum absolute atomic E-state index is 0.0143. The van der Waals surface area contributed by atoms with E-state index in [-0.39, 0.29) is 53.8 Å². The maximum absolute atomic E-state index is 14.5. The second-order valence-electron chi connectivity index (χ2n) is 19.3. The molecule has 2 unspecified atom stereocenters. The standard InChI is InChI=1S/C50H77NO9/c1-7-9-10-11-12-13-14-15-16-17-18-19-20-21-25-28-38(52)60-50-39-36(31-35(42(57-5)46(50)53)41(39)59-47(54)34-26-23-22-24-27-34)49-37(56-4)29-30-48(33-55-3)32-51(8-2)45(49)40(50)43(58-6)44(48)49/h15-16,22-24,26-27,35-37,39-46,53H,7-14,17-21,25,28-33H2,1-6H3/b16-15-/t35?,36-,37+,39-,40+,41+,42-,43+,44-,45?,46+,48+,49+,50-/m1/s1. The summed E-state index contributed by atoms with van der Waals surface area (Å²) in [5, 5.41) is 13.0. The Balaban J connectivity index is 1.15. The van der Waals surface area contributed by atoms with Gasteiger partial charge in [-0.3, -0.25) is 9.69 Å². The van der Waals surface area contributed by atoms with Crippen LogP contribution in [0, 0.1) is 40.4 Å². The van der Waals surface area contributed by atoms with Gasteiger partial charge in [0.2, 0.25) is 0 Å². The van der Waals surface area contributed by atoms with Gasteiger partial charge in [-0.1, -0.05) is 95.6 Å². The fraction of sp³-hybridized carbons (Fsp3) is 0.800. The van der Waals surface area contributed by atoms with E-state index in [2.05, 4.69) is 30.9 Å². The normalized spacial score (nSPS) is 38.7. The Morgan fingerprint density at radius 1 is 0.817 bits per heavy atom. The number of methoxy groups -OCH3 is 4. The summed E-state index contributed by atoms with van der Waals surface area (Å²) >= 11 is 0. The van der Waals surface area contributed by atoms with Gasteiger partial charge in [-0.25, -0.2) is 4.79 Å². The van der Waals surface area contributed by atoms with E-state index in [1.54, 1.807) is 33.5 Å². The van der Waals surface area contributed by atoms with Crippen LogP contribution in [0.2, 0.25) is 0 Å². The lowest BCUT2D eigenvalue weighted by atomic mass is 9.43. The average molecular weight is 836 g/mol. The van der Waals surface area contributed by atoms with Crippen LogP contribution < -0.4 is 0 Å². The molecular formula is C50H77NO9. The molecule has 336 valence electrons. The van der Waals surface area contributed by atoms with Crippen molar-refractivity contribution >= 4 is 11.9 Å². The highest BCUT2D eigenvalue weighted by atomic mass is 16.6. The number of allylic oxidation sites excluding steroid dienone is 2. The van der Waals surface area contributed by atoms with E-state index in [9.17, 15) is 14.7 Å². The number of piperidine rings is 1. The first-order valence-electron chi connectivity index (χ1n) is 23.9. The van der Waals surface area contributed by atoms with Crippen LogP contribution in [0.25, 0.3) is 0 Å². The van der Waals surface area contributed by atoms with Crippen LogP contribution in [-0.4, -0.2) is 112 Å². The molecule has 0 radical (unpaired) electrons. The average Bonchev–Trinajstić information content (AvgIpc) is 3.69. The van der Waals surface area contributed by atoms with Crippen molar-refractivity contribution in [2.75, 3.05) is 48.1 Å². The quantitative estimate of drug-likeness (QED) is 0.0618. The van der Waals surface area contributed by atoms with Crippen LogP contribution in [0.15, 0.2) is 42.5 Å². The molecule has 60 heavy (non-hydrogen) atoms.